The Morgan fingerprint density at radius 3 is 3.00 bits per heavy atom. The van der Waals surface area contributed by atoms with Gasteiger partial charge in [-0.05, 0) is 49.0 Å². The van der Waals surface area contributed by atoms with Gasteiger partial charge in [0.05, 0.1) is 0 Å². The molecule has 0 nitrogen and oxygen atoms in total. The number of hydrogen-bond donors (Lipinski definition) is 0. The molecule has 2 rings (SSSR count). The van der Waals surface area contributed by atoms with Crippen molar-refractivity contribution in [1.29, 1.82) is 0 Å². The van der Waals surface area contributed by atoms with E-state index < -0.39 is 0 Å². The summed E-state index contributed by atoms with van der Waals surface area (Å²) in [6, 6.07) is 0. The van der Waals surface area contributed by atoms with Crippen molar-refractivity contribution in [3.05, 3.63) is 23.8 Å². The summed E-state index contributed by atoms with van der Waals surface area (Å²) in [6.45, 7) is 4.68. The number of fused-ring (bicyclic) bond motifs is 1. The molecule has 0 saturated carbocycles. The third-order valence-corrected chi connectivity index (χ3v) is 3.56. The van der Waals surface area contributed by atoms with Gasteiger partial charge in [-0.25, -0.2) is 0 Å². The van der Waals surface area contributed by atoms with Gasteiger partial charge < -0.3 is 0 Å². The van der Waals surface area contributed by atoms with Crippen LogP contribution in [-0.4, -0.2) is 0 Å². The van der Waals surface area contributed by atoms with Crippen molar-refractivity contribution in [1.82, 2.24) is 0 Å². The molecule has 0 amide bonds. The van der Waals surface area contributed by atoms with E-state index in [2.05, 4.69) is 32.1 Å². The smallest absolute Gasteiger partial charge is 0.0159 e. The first-order chi connectivity index (χ1) is 6.27. The zero-order valence-electron chi connectivity index (χ0n) is 8.79. The van der Waals surface area contributed by atoms with E-state index >= 15 is 0 Å². The van der Waals surface area contributed by atoms with Crippen LogP contribution in [0.4, 0.5) is 0 Å². The summed E-state index contributed by atoms with van der Waals surface area (Å²) < 4.78 is 0. The Hall–Kier alpha value is -0.520. The minimum absolute atomic E-state index is 0.819. The van der Waals surface area contributed by atoms with Crippen LogP contribution < -0.4 is 0 Å². The van der Waals surface area contributed by atoms with E-state index in [-0.39, 0.29) is 0 Å². The molecule has 0 aromatic carbocycles. The van der Waals surface area contributed by atoms with Crippen LogP contribution in [0.2, 0.25) is 0 Å². The van der Waals surface area contributed by atoms with Crippen LogP contribution in [-0.2, 0) is 0 Å². The Morgan fingerprint density at radius 1 is 1.38 bits per heavy atom. The van der Waals surface area contributed by atoms with E-state index in [1.165, 1.54) is 25.7 Å². The lowest BCUT2D eigenvalue weighted by molar-refractivity contribution is 0.345. The topological polar surface area (TPSA) is 0 Å². The van der Waals surface area contributed by atoms with E-state index in [9.17, 15) is 0 Å². The summed E-state index contributed by atoms with van der Waals surface area (Å²) in [5.74, 6) is 2.55. The standard InChI is InChI=1S/C13H20/c1-10(2)12-8-7-11-5-3-4-6-13(11)9-12/h5,7-8,10,12-13H,3-4,6,9H2,1-2H3. The predicted molar refractivity (Wildman–Crippen MR) is 57.5 cm³/mol. The fourth-order valence-electron chi connectivity index (χ4n) is 2.56. The molecule has 0 aromatic heterocycles. The van der Waals surface area contributed by atoms with Crippen molar-refractivity contribution in [2.45, 2.75) is 39.5 Å². The van der Waals surface area contributed by atoms with Gasteiger partial charge in [-0.2, -0.15) is 0 Å². The van der Waals surface area contributed by atoms with Crippen LogP contribution in [0.25, 0.3) is 0 Å². The molecule has 0 spiro atoms. The van der Waals surface area contributed by atoms with Crippen LogP contribution in [0, 0.1) is 17.8 Å². The van der Waals surface area contributed by atoms with Crippen molar-refractivity contribution >= 4 is 0 Å². The van der Waals surface area contributed by atoms with Crippen LogP contribution in [0.15, 0.2) is 23.8 Å². The van der Waals surface area contributed by atoms with Crippen molar-refractivity contribution in [2.24, 2.45) is 17.8 Å². The van der Waals surface area contributed by atoms with Gasteiger partial charge in [-0.3, -0.25) is 0 Å². The molecule has 2 unspecified atom stereocenters. The summed E-state index contributed by atoms with van der Waals surface area (Å²) in [4.78, 5) is 0. The first-order valence-electron chi connectivity index (χ1n) is 5.65. The minimum Gasteiger partial charge on any atom is -0.0810 e. The number of rotatable bonds is 1. The van der Waals surface area contributed by atoms with E-state index in [1.54, 1.807) is 5.57 Å². The van der Waals surface area contributed by atoms with Crippen LogP contribution in [0.5, 0.6) is 0 Å². The first-order valence-corrected chi connectivity index (χ1v) is 5.65. The lowest BCUT2D eigenvalue weighted by Gasteiger charge is -2.31. The average Bonchev–Trinajstić information content (AvgIpc) is 2.17. The Bertz CT molecular complexity index is 232. The average molecular weight is 176 g/mol. The zero-order chi connectivity index (χ0) is 9.26. The largest absolute Gasteiger partial charge is 0.0810 e. The zero-order valence-corrected chi connectivity index (χ0v) is 8.79. The van der Waals surface area contributed by atoms with Gasteiger partial charge in [0.25, 0.3) is 0 Å². The molecule has 2 atom stereocenters. The highest BCUT2D eigenvalue weighted by Gasteiger charge is 2.24. The molecule has 0 heteroatoms. The molecule has 0 heterocycles. The van der Waals surface area contributed by atoms with Crippen LogP contribution in [0.3, 0.4) is 0 Å². The number of allylic oxidation sites excluding steroid dienone is 4. The molecule has 0 aliphatic heterocycles. The lowest BCUT2D eigenvalue weighted by atomic mass is 9.74. The van der Waals surface area contributed by atoms with Crippen molar-refractivity contribution in [2.75, 3.05) is 0 Å². The molecule has 0 bridgehead atoms. The van der Waals surface area contributed by atoms with Gasteiger partial charge in [0.1, 0.15) is 0 Å². The molecule has 0 aromatic rings. The molecule has 0 saturated heterocycles. The molecule has 72 valence electrons. The molecule has 0 fully saturated rings. The fourth-order valence-corrected chi connectivity index (χ4v) is 2.56. The molecule has 2 aliphatic rings. The van der Waals surface area contributed by atoms with Crippen molar-refractivity contribution in [3.8, 4) is 0 Å². The molecule has 0 N–H and O–H groups in total. The van der Waals surface area contributed by atoms with E-state index in [4.69, 9.17) is 0 Å². The second kappa shape index (κ2) is 3.69. The number of hydrogen-bond acceptors (Lipinski definition) is 0. The molecular formula is C13H20. The summed E-state index contributed by atoms with van der Waals surface area (Å²) in [5.41, 5.74) is 1.63. The van der Waals surface area contributed by atoms with Gasteiger partial charge in [0.2, 0.25) is 0 Å². The van der Waals surface area contributed by atoms with E-state index in [0.29, 0.717) is 0 Å². The van der Waals surface area contributed by atoms with Gasteiger partial charge in [-0.1, -0.05) is 32.1 Å². The minimum atomic E-state index is 0.819. The van der Waals surface area contributed by atoms with Gasteiger partial charge in [0, 0.05) is 0 Å². The summed E-state index contributed by atoms with van der Waals surface area (Å²) in [7, 11) is 0. The maximum absolute atomic E-state index is 2.45. The Balaban J connectivity index is 2.12. The highest BCUT2D eigenvalue weighted by Crippen LogP contribution is 2.37. The first kappa shape index (κ1) is 9.05. The van der Waals surface area contributed by atoms with Gasteiger partial charge in [-0.15, -0.1) is 0 Å². The van der Waals surface area contributed by atoms with Gasteiger partial charge >= 0.3 is 0 Å². The normalized spacial score (nSPS) is 33.0. The monoisotopic (exact) mass is 176 g/mol. The Labute approximate surface area is 81.7 Å². The second-order valence-electron chi connectivity index (χ2n) is 4.83. The van der Waals surface area contributed by atoms with Crippen molar-refractivity contribution < 1.29 is 0 Å². The summed E-state index contributed by atoms with van der Waals surface area (Å²) in [6.07, 6.45) is 12.8. The molecule has 13 heavy (non-hydrogen) atoms. The second-order valence-corrected chi connectivity index (χ2v) is 4.83. The maximum Gasteiger partial charge on any atom is -0.0159 e. The Morgan fingerprint density at radius 2 is 2.23 bits per heavy atom. The highest BCUT2D eigenvalue weighted by molar-refractivity contribution is 5.27. The molecule has 2 aliphatic carbocycles. The summed E-state index contributed by atoms with van der Waals surface area (Å²) >= 11 is 0. The Kier molecular flexibility index (Phi) is 2.57. The van der Waals surface area contributed by atoms with E-state index in [0.717, 1.165) is 17.8 Å². The quantitative estimate of drug-likeness (QED) is 0.567. The summed E-state index contributed by atoms with van der Waals surface area (Å²) in [5, 5.41) is 0. The lowest BCUT2D eigenvalue weighted by Crippen LogP contribution is -2.19. The van der Waals surface area contributed by atoms with Gasteiger partial charge in [0.15, 0.2) is 0 Å². The fraction of sp³-hybridized carbons (Fsp3) is 0.692. The predicted octanol–water partition coefficient (Wildman–Crippen LogP) is 3.95. The highest BCUT2D eigenvalue weighted by atomic mass is 14.3. The SMILES string of the molecule is CC(C)C1C=CC2=CCCCC2C1. The van der Waals surface area contributed by atoms with E-state index in [1.807, 2.05) is 0 Å². The third kappa shape index (κ3) is 1.87. The maximum atomic E-state index is 2.45. The van der Waals surface area contributed by atoms with Crippen LogP contribution >= 0.6 is 0 Å². The van der Waals surface area contributed by atoms with Crippen LogP contribution in [0.1, 0.15) is 39.5 Å². The van der Waals surface area contributed by atoms with Crippen molar-refractivity contribution in [3.63, 3.8) is 0 Å². The molecular weight excluding hydrogens is 156 g/mol. The third-order valence-electron chi connectivity index (χ3n) is 3.56. The molecule has 0 radical (unpaired) electrons.